The Bertz CT molecular complexity index is 281. The molecule has 0 spiro atoms. The molecule has 0 N–H and O–H groups in total. The van der Waals surface area contributed by atoms with Crippen LogP contribution in [0.2, 0.25) is 0 Å². The normalized spacial score (nSPS) is 18.3. The van der Waals surface area contributed by atoms with E-state index in [4.69, 9.17) is 0 Å². The molecule has 0 heterocycles. The third-order valence-corrected chi connectivity index (χ3v) is 2.03. The molecule has 0 aliphatic rings. The lowest BCUT2D eigenvalue weighted by molar-refractivity contribution is -0.476. The second-order valence-corrected chi connectivity index (χ2v) is 3.61. The van der Waals surface area contributed by atoms with Crippen molar-refractivity contribution in [3.63, 3.8) is 0 Å². The molecule has 0 aliphatic carbocycles. The maximum Gasteiger partial charge on any atom is 0.427 e. The van der Waals surface area contributed by atoms with E-state index in [9.17, 15) is 43.9 Å². The summed E-state index contributed by atoms with van der Waals surface area (Å²) in [6, 6.07) is 0. The standard InChI is InChI=1S/C8H8F10O/c1-3(9)5(11,12)7(15,16)19-8(17,18)6(13,14)4(2)10/h3-4H,1-2H3. The third kappa shape index (κ3) is 3.23. The molecule has 0 fully saturated rings. The minimum Gasteiger partial charge on any atom is -0.245 e. The summed E-state index contributed by atoms with van der Waals surface area (Å²) < 4.78 is 127. The molecule has 1 nitrogen and oxygen atoms in total. The largest absolute Gasteiger partial charge is 0.427 e. The number of rotatable bonds is 6. The Morgan fingerprint density at radius 1 is 0.632 bits per heavy atom. The first-order valence-corrected chi connectivity index (χ1v) is 4.59. The Labute approximate surface area is 100 Å². The van der Waals surface area contributed by atoms with E-state index in [1.165, 1.54) is 0 Å². The van der Waals surface area contributed by atoms with Crippen molar-refractivity contribution < 1.29 is 48.6 Å². The Kier molecular flexibility index (Phi) is 4.79. The molecular weight excluding hydrogens is 302 g/mol. The zero-order chi connectivity index (χ0) is 15.9. The van der Waals surface area contributed by atoms with E-state index < -0.39 is 36.4 Å². The summed E-state index contributed by atoms with van der Waals surface area (Å²) in [5, 5.41) is 0. The minimum absolute atomic E-state index is 0.120. The number of hydrogen-bond donors (Lipinski definition) is 0. The molecule has 0 rings (SSSR count). The van der Waals surface area contributed by atoms with Gasteiger partial charge in [0.25, 0.3) is 0 Å². The maximum absolute atomic E-state index is 12.6. The van der Waals surface area contributed by atoms with Crippen LogP contribution in [0, 0.1) is 0 Å². The highest BCUT2D eigenvalue weighted by Gasteiger charge is 2.72. The summed E-state index contributed by atoms with van der Waals surface area (Å²) in [6.45, 7) is -0.239. The highest BCUT2D eigenvalue weighted by molar-refractivity contribution is 4.88. The predicted octanol–water partition coefficient (Wildman–Crippen LogP) is 4.18. The van der Waals surface area contributed by atoms with Crippen LogP contribution in [0.3, 0.4) is 0 Å². The van der Waals surface area contributed by atoms with E-state index in [2.05, 4.69) is 0 Å². The zero-order valence-electron chi connectivity index (χ0n) is 9.34. The lowest BCUT2D eigenvalue weighted by Gasteiger charge is -2.33. The molecule has 0 aromatic heterocycles. The SMILES string of the molecule is CC(F)C(F)(F)C(F)(F)OC(F)(F)C(F)(F)C(C)F. The summed E-state index contributed by atoms with van der Waals surface area (Å²) in [5.41, 5.74) is 0. The molecule has 2 atom stereocenters. The minimum atomic E-state index is -6.26. The van der Waals surface area contributed by atoms with Gasteiger partial charge in [-0.05, 0) is 13.8 Å². The average Bonchev–Trinajstić information content (AvgIpc) is 2.14. The first-order valence-electron chi connectivity index (χ1n) is 4.59. The van der Waals surface area contributed by atoms with Gasteiger partial charge in [0, 0.05) is 0 Å². The van der Waals surface area contributed by atoms with Gasteiger partial charge in [-0.25, -0.2) is 13.5 Å². The molecule has 0 aromatic carbocycles. The number of hydrogen-bond acceptors (Lipinski definition) is 1. The van der Waals surface area contributed by atoms with E-state index in [0.29, 0.717) is 0 Å². The fourth-order valence-corrected chi connectivity index (χ4v) is 0.760. The van der Waals surface area contributed by atoms with E-state index in [-0.39, 0.29) is 13.8 Å². The number of ether oxygens (including phenoxy) is 1. The average molecular weight is 310 g/mol. The predicted molar refractivity (Wildman–Crippen MR) is 42.0 cm³/mol. The molecule has 0 radical (unpaired) electrons. The van der Waals surface area contributed by atoms with Crippen LogP contribution in [0.4, 0.5) is 43.9 Å². The lowest BCUT2D eigenvalue weighted by atomic mass is 10.2. The monoisotopic (exact) mass is 310 g/mol. The molecule has 0 aliphatic heterocycles. The second-order valence-electron chi connectivity index (χ2n) is 3.61. The van der Waals surface area contributed by atoms with Gasteiger partial charge in [0.15, 0.2) is 12.3 Å². The summed E-state index contributed by atoms with van der Waals surface area (Å²) >= 11 is 0. The zero-order valence-corrected chi connectivity index (χ0v) is 9.34. The van der Waals surface area contributed by atoms with Gasteiger partial charge in [0.2, 0.25) is 0 Å². The van der Waals surface area contributed by atoms with Gasteiger partial charge in [-0.15, -0.1) is 0 Å². The van der Waals surface area contributed by atoms with Gasteiger partial charge in [0.05, 0.1) is 0 Å². The van der Waals surface area contributed by atoms with E-state index >= 15 is 0 Å². The van der Waals surface area contributed by atoms with Crippen molar-refractivity contribution in [2.24, 2.45) is 0 Å². The van der Waals surface area contributed by atoms with Crippen molar-refractivity contribution in [2.75, 3.05) is 0 Å². The second kappa shape index (κ2) is 4.98. The summed E-state index contributed by atoms with van der Waals surface area (Å²) in [4.78, 5) is 0. The first kappa shape index (κ1) is 18.3. The van der Waals surface area contributed by atoms with Crippen molar-refractivity contribution >= 4 is 0 Å². The van der Waals surface area contributed by atoms with Crippen LogP contribution in [0.1, 0.15) is 13.8 Å². The smallest absolute Gasteiger partial charge is 0.245 e. The van der Waals surface area contributed by atoms with Crippen LogP contribution in [-0.4, -0.2) is 36.4 Å². The number of alkyl halides is 10. The Morgan fingerprint density at radius 2 is 0.842 bits per heavy atom. The van der Waals surface area contributed by atoms with E-state index in [1.807, 2.05) is 4.74 Å². The molecule has 116 valence electrons. The Hall–Kier alpha value is -0.740. The molecule has 0 amide bonds. The molecule has 0 saturated carbocycles. The van der Waals surface area contributed by atoms with Gasteiger partial charge >= 0.3 is 24.1 Å². The Balaban J connectivity index is 5.34. The van der Waals surface area contributed by atoms with Crippen molar-refractivity contribution in [3.8, 4) is 0 Å². The van der Waals surface area contributed by atoms with Gasteiger partial charge in [0.1, 0.15) is 0 Å². The van der Waals surface area contributed by atoms with Crippen LogP contribution >= 0.6 is 0 Å². The molecular formula is C8H8F10O. The quantitative estimate of drug-likeness (QED) is 0.669. The first-order chi connectivity index (χ1) is 8.09. The molecule has 0 aromatic rings. The Morgan fingerprint density at radius 3 is 1.00 bits per heavy atom. The maximum atomic E-state index is 12.6. The molecule has 0 saturated heterocycles. The van der Waals surface area contributed by atoms with Gasteiger partial charge in [-0.2, -0.15) is 35.1 Å². The van der Waals surface area contributed by atoms with E-state index in [0.717, 1.165) is 0 Å². The van der Waals surface area contributed by atoms with Gasteiger partial charge < -0.3 is 0 Å². The van der Waals surface area contributed by atoms with Gasteiger partial charge in [-0.3, -0.25) is 0 Å². The lowest BCUT2D eigenvalue weighted by Crippen LogP contribution is -2.57. The summed E-state index contributed by atoms with van der Waals surface area (Å²) in [7, 11) is 0. The van der Waals surface area contributed by atoms with Crippen LogP contribution in [0.5, 0.6) is 0 Å². The fourth-order valence-electron chi connectivity index (χ4n) is 0.760. The highest BCUT2D eigenvalue weighted by atomic mass is 19.3. The third-order valence-electron chi connectivity index (χ3n) is 2.03. The van der Waals surface area contributed by atoms with Crippen LogP contribution in [0.15, 0.2) is 0 Å². The van der Waals surface area contributed by atoms with Crippen LogP contribution in [-0.2, 0) is 4.74 Å². The molecule has 2 unspecified atom stereocenters. The topological polar surface area (TPSA) is 9.23 Å². The van der Waals surface area contributed by atoms with Gasteiger partial charge in [-0.1, -0.05) is 0 Å². The highest BCUT2D eigenvalue weighted by Crippen LogP contribution is 2.47. The number of halogens is 10. The molecule has 19 heavy (non-hydrogen) atoms. The summed E-state index contributed by atoms with van der Waals surface area (Å²) in [6.07, 6.45) is -19.9. The van der Waals surface area contributed by atoms with Crippen LogP contribution in [0.25, 0.3) is 0 Å². The molecule has 0 bridgehead atoms. The van der Waals surface area contributed by atoms with Crippen molar-refractivity contribution in [1.29, 1.82) is 0 Å². The summed E-state index contributed by atoms with van der Waals surface area (Å²) in [5.74, 6) is -11.6. The van der Waals surface area contributed by atoms with Crippen molar-refractivity contribution in [1.82, 2.24) is 0 Å². The fraction of sp³-hybridized carbons (Fsp3) is 1.00. The van der Waals surface area contributed by atoms with Crippen LogP contribution < -0.4 is 0 Å². The van der Waals surface area contributed by atoms with Crippen molar-refractivity contribution in [2.45, 2.75) is 50.3 Å². The van der Waals surface area contributed by atoms with Crippen molar-refractivity contribution in [3.05, 3.63) is 0 Å². The molecule has 11 heteroatoms. The van der Waals surface area contributed by atoms with E-state index in [1.54, 1.807) is 0 Å².